The average Bonchev–Trinajstić information content (AvgIpc) is 2.31. The molecule has 0 saturated carbocycles. The van der Waals surface area contributed by atoms with Crippen LogP contribution in [-0.2, 0) is 14.6 Å². The Morgan fingerprint density at radius 1 is 1.32 bits per heavy atom. The molecule has 0 amide bonds. The molecule has 0 aliphatic rings. The molecule has 2 N–H and O–H groups in total. The van der Waals surface area contributed by atoms with Gasteiger partial charge in [0.25, 0.3) is 0 Å². The molecule has 0 aromatic heterocycles. The maximum atomic E-state index is 13.1. The first-order valence-electron chi connectivity index (χ1n) is 6.18. The van der Waals surface area contributed by atoms with Gasteiger partial charge in [0.1, 0.15) is 5.82 Å². The molecule has 0 spiro atoms. The van der Waals surface area contributed by atoms with E-state index in [0.29, 0.717) is 12.5 Å². The first-order chi connectivity index (χ1) is 8.83. The van der Waals surface area contributed by atoms with Gasteiger partial charge in [-0.25, -0.2) is 12.8 Å². The SMILES string of the molecule is CC(C)CCOCCS(=O)(=O)c1cc(F)ccc1N. The summed E-state index contributed by atoms with van der Waals surface area (Å²) in [6.07, 6.45) is 0.877. The third-order valence-electron chi connectivity index (χ3n) is 2.65. The van der Waals surface area contributed by atoms with E-state index in [-0.39, 0.29) is 22.9 Å². The molecule has 0 heterocycles. The first-order valence-corrected chi connectivity index (χ1v) is 7.83. The Morgan fingerprint density at radius 3 is 2.63 bits per heavy atom. The van der Waals surface area contributed by atoms with Crippen LogP contribution in [0.15, 0.2) is 23.1 Å². The highest BCUT2D eigenvalue weighted by Gasteiger charge is 2.18. The first kappa shape index (κ1) is 15.9. The minimum atomic E-state index is -3.60. The van der Waals surface area contributed by atoms with Crippen molar-refractivity contribution in [2.75, 3.05) is 24.7 Å². The number of ether oxygens (including phenoxy) is 1. The zero-order chi connectivity index (χ0) is 14.5. The lowest BCUT2D eigenvalue weighted by Gasteiger charge is -2.09. The Morgan fingerprint density at radius 2 is 2.00 bits per heavy atom. The lowest BCUT2D eigenvalue weighted by molar-refractivity contribution is 0.137. The Balaban J connectivity index is 2.59. The monoisotopic (exact) mass is 289 g/mol. The minimum Gasteiger partial charge on any atom is -0.398 e. The average molecular weight is 289 g/mol. The van der Waals surface area contributed by atoms with Gasteiger partial charge in [-0.3, -0.25) is 0 Å². The molecule has 4 nitrogen and oxygen atoms in total. The van der Waals surface area contributed by atoms with Crippen LogP contribution in [0.5, 0.6) is 0 Å². The van der Waals surface area contributed by atoms with Gasteiger partial charge < -0.3 is 10.5 Å². The molecule has 1 aromatic rings. The van der Waals surface area contributed by atoms with E-state index in [0.717, 1.165) is 18.6 Å². The van der Waals surface area contributed by atoms with E-state index in [1.54, 1.807) is 0 Å². The van der Waals surface area contributed by atoms with Crippen LogP contribution in [0.1, 0.15) is 20.3 Å². The van der Waals surface area contributed by atoms with Crippen molar-refractivity contribution < 1.29 is 17.5 Å². The van der Waals surface area contributed by atoms with E-state index in [9.17, 15) is 12.8 Å². The van der Waals surface area contributed by atoms with Gasteiger partial charge in [-0.2, -0.15) is 0 Å². The zero-order valence-corrected chi connectivity index (χ0v) is 12.0. The maximum Gasteiger partial charge on any atom is 0.182 e. The maximum absolute atomic E-state index is 13.1. The molecule has 108 valence electrons. The molecule has 19 heavy (non-hydrogen) atoms. The van der Waals surface area contributed by atoms with Crippen LogP contribution >= 0.6 is 0 Å². The van der Waals surface area contributed by atoms with E-state index >= 15 is 0 Å². The molecule has 0 aliphatic carbocycles. The van der Waals surface area contributed by atoms with E-state index in [1.165, 1.54) is 6.07 Å². The zero-order valence-electron chi connectivity index (χ0n) is 11.2. The van der Waals surface area contributed by atoms with Crippen molar-refractivity contribution in [3.8, 4) is 0 Å². The van der Waals surface area contributed by atoms with Crippen molar-refractivity contribution in [1.29, 1.82) is 0 Å². The molecule has 0 saturated heterocycles. The third-order valence-corrected chi connectivity index (χ3v) is 4.37. The smallest absolute Gasteiger partial charge is 0.182 e. The van der Waals surface area contributed by atoms with Gasteiger partial charge in [0.2, 0.25) is 0 Å². The minimum absolute atomic E-state index is 0.0589. The van der Waals surface area contributed by atoms with Crippen LogP contribution in [0.25, 0.3) is 0 Å². The van der Waals surface area contributed by atoms with E-state index in [1.807, 2.05) is 0 Å². The highest BCUT2D eigenvalue weighted by atomic mass is 32.2. The van der Waals surface area contributed by atoms with Gasteiger partial charge in [0, 0.05) is 6.61 Å². The summed E-state index contributed by atoms with van der Waals surface area (Å²) in [4.78, 5) is -0.167. The largest absolute Gasteiger partial charge is 0.398 e. The molecule has 0 fully saturated rings. The summed E-state index contributed by atoms with van der Waals surface area (Å²) in [7, 11) is -3.60. The number of hydrogen-bond acceptors (Lipinski definition) is 4. The van der Waals surface area contributed by atoms with Crippen molar-refractivity contribution in [2.24, 2.45) is 5.92 Å². The van der Waals surface area contributed by atoms with Crippen LogP contribution in [0.3, 0.4) is 0 Å². The second-order valence-electron chi connectivity index (χ2n) is 4.80. The summed E-state index contributed by atoms with van der Waals surface area (Å²) in [5.74, 6) is -0.303. The predicted molar refractivity (Wildman–Crippen MR) is 73.1 cm³/mol. The number of hydrogen-bond donors (Lipinski definition) is 1. The summed E-state index contributed by atoms with van der Waals surface area (Å²) < 4.78 is 42.3. The number of rotatable bonds is 7. The Labute approximate surface area is 113 Å². The highest BCUT2D eigenvalue weighted by Crippen LogP contribution is 2.20. The number of halogens is 1. The number of anilines is 1. The normalized spacial score (nSPS) is 12.0. The molecule has 1 rings (SSSR count). The van der Waals surface area contributed by atoms with Gasteiger partial charge in [-0.05, 0) is 30.5 Å². The van der Waals surface area contributed by atoms with E-state index in [4.69, 9.17) is 10.5 Å². The van der Waals surface area contributed by atoms with Gasteiger partial charge in [0.05, 0.1) is 22.9 Å². The van der Waals surface area contributed by atoms with Crippen LogP contribution in [0, 0.1) is 11.7 Å². The van der Waals surface area contributed by atoms with E-state index in [2.05, 4.69) is 13.8 Å². The summed E-state index contributed by atoms with van der Waals surface area (Å²) in [6, 6.07) is 3.33. The second-order valence-corrected chi connectivity index (χ2v) is 6.87. The topological polar surface area (TPSA) is 69.4 Å². The van der Waals surface area contributed by atoms with Crippen LogP contribution in [0.2, 0.25) is 0 Å². The fourth-order valence-corrected chi connectivity index (χ4v) is 2.75. The summed E-state index contributed by atoms with van der Waals surface area (Å²) in [6.45, 7) is 4.73. The second kappa shape index (κ2) is 6.86. The quantitative estimate of drug-likeness (QED) is 0.617. The molecule has 0 atom stereocenters. The Bertz CT molecular complexity index is 515. The summed E-state index contributed by atoms with van der Waals surface area (Å²) in [5.41, 5.74) is 5.62. The van der Waals surface area contributed by atoms with Crippen molar-refractivity contribution in [1.82, 2.24) is 0 Å². The van der Waals surface area contributed by atoms with Crippen molar-refractivity contribution in [3.05, 3.63) is 24.0 Å². The molecule has 6 heteroatoms. The van der Waals surface area contributed by atoms with Crippen molar-refractivity contribution in [3.63, 3.8) is 0 Å². The number of nitrogen functional groups attached to an aromatic ring is 1. The van der Waals surface area contributed by atoms with E-state index < -0.39 is 15.7 Å². The van der Waals surface area contributed by atoms with Gasteiger partial charge in [-0.15, -0.1) is 0 Å². The lowest BCUT2D eigenvalue weighted by atomic mass is 10.1. The molecule has 0 aliphatic heterocycles. The van der Waals surface area contributed by atoms with Crippen molar-refractivity contribution >= 4 is 15.5 Å². The van der Waals surface area contributed by atoms with Crippen molar-refractivity contribution in [2.45, 2.75) is 25.2 Å². The number of nitrogens with two attached hydrogens (primary N) is 1. The Kier molecular flexibility index (Phi) is 5.75. The lowest BCUT2D eigenvalue weighted by Crippen LogP contribution is -2.15. The molecule has 0 bridgehead atoms. The molecular formula is C13H20FNO3S. The van der Waals surface area contributed by atoms with Gasteiger partial charge >= 0.3 is 0 Å². The molecule has 1 aromatic carbocycles. The molecular weight excluding hydrogens is 269 g/mol. The molecule has 0 radical (unpaired) electrons. The Hall–Kier alpha value is -1.14. The highest BCUT2D eigenvalue weighted by molar-refractivity contribution is 7.91. The van der Waals surface area contributed by atoms with Gasteiger partial charge in [-0.1, -0.05) is 13.8 Å². The van der Waals surface area contributed by atoms with Crippen LogP contribution in [-0.4, -0.2) is 27.4 Å². The standard InChI is InChI=1S/C13H20FNO3S/c1-10(2)5-6-18-7-8-19(16,17)13-9-11(14)3-4-12(13)15/h3-4,9-10H,5-8,15H2,1-2H3. The molecule has 0 unspecified atom stereocenters. The number of sulfone groups is 1. The fraction of sp³-hybridized carbons (Fsp3) is 0.538. The van der Waals surface area contributed by atoms with Crippen LogP contribution in [0.4, 0.5) is 10.1 Å². The fourth-order valence-electron chi connectivity index (χ4n) is 1.48. The summed E-state index contributed by atoms with van der Waals surface area (Å²) in [5, 5.41) is 0. The van der Waals surface area contributed by atoms with Gasteiger partial charge in [0.15, 0.2) is 9.84 Å². The predicted octanol–water partition coefficient (Wildman–Crippen LogP) is 2.24. The third kappa shape index (κ3) is 5.16. The van der Waals surface area contributed by atoms with Crippen LogP contribution < -0.4 is 5.73 Å². The summed E-state index contributed by atoms with van der Waals surface area (Å²) >= 11 is 0. The number of benzene rings is 1.